The summed E-state index contributed by atoms with van der Waals surface area (Å²) in [6.07, 6.45) is 0. The van der Waals surface area contributed by atoms with Gasteiger partial charge < -0.3 is 5.73 Å². The van der Waals surface area contributed by atoms with Gasteiger partial charge in [0.25, 0.3) is 5.91 Å². The second kappa shape index (κ2) is 5.04. The van der Waals surface area contributed by atoms with Crippen molar-refractivity contribution < 1.29 is 4.79 Å². The minimum atomic E-state index is -0.491. The Labute approximate surface area is 106 Å². The number of nitrogens with two attached hydrogens (primary N) is 1. The Hall–Kier alpha value is -2.10. The maximum absolute atomic E-state index is 11.2. The molecule has 0 aliphatic carbocycles. The monoisotopic (exact) mass is 243 g/mol. The number of carbonyl (C=O) groups is 1. The van der Waals surface area contributed by atoms with Crippen molar-refractivity contribution in [2.24, 2.45) is 11.7 Å². The minimum Gasteiger partial charge on any atom is -0.364 e. The maximum atomic E-state index is 11.2. The van der Waals surface area contributed by atoms with Crippen molar-refractivity contribution >= 4 is 5.91 Å². The number of nitrogens with zero attached hydrogens (tertiary/aromatic N) is 2. The first-order valence-corrected chi connectivity index (χ1v) is 6.01. The minimum absolute atomic E-state index is 0.314. The first-order chi connectivity index (χ1) is 8.58. The van der Waals surface area contributed by atoms with E-state index < -0.39 is 5.91 Å². The zero-order chi connectivity index (χ0) is 13.1. The fourth-order valence-corrected chi connectivity index (χ4v) is 1.86. The van der Waals surface area contributed by atoms with E-state index in [1.54, 1.807) is 6.07 Å². The van der Waals surface area contributed by atoms with E-state index >= 15 is 0 Å². The van der Waals surface area contributed by atoms with Gasteiger partial charge in [0.15, 0.2) is 5.69 Å². The molecule has 0 atom stereocenters. The molecule has 1 aromatic carbocycles. The Kier molecular flexibility index (Phi) is 3.46. The SMILES string of the molecule is CC(C)Cn1nc(C(N)=O)cc1-c1ccccc1. The van der Waals surface area contributed by atoms with Crippen molar-refractivity contribution in [3.05, 3.63) is 42.1 Å². The average molecular weight is 243 g/mol. The van der Waals surface area contributed by atoms with Gasteiger partial charge in [-0.2, -0.15) is 5.10 Å². The zero-order valence-corrected chi connectivity index (χ0v) is 10.6. The second-order valence-electron chi connectivity index (χ2n) is 4.72. The molecule has 0 spiro atoms. The van der Waals surface area contributed by atoms with Crippen LogP contribution in [0.25, 0.3) is 11.3 Å². The summed E-state index contributed by atoms with van der Waals surface area (Å²) in [6.45, 7) is 4.98. The van der Waals surface area contributed by atoms with Crippen LogP contribution in [0.1, 0.15) is 24.3 Å². The third kappa shape index (κ3) is 2.59. The summed E-state index contributed by atoms with van der Waals surface area (Å²) < 4.78 is 1.85. The molecule has 1 heterocycles. The highest BCUT2D eigenvalue weighted by molar-refractivity contribution is 5.92. The van der Waals surface area contributed by atoms with Crippen LogP contribution in [0.15, 0.2) is 36.4 Å². The predicted octanol–water partition coefficient (Wildman–Crippen LogP) is 2.31. The molecule has 0 fully saturated rings. The molecule has 1 amide bonds. The van der Waals surface area contributed by atoms with Gasteiger partial charge in [0.05, 0.1) is 5.69 Å². The van der Waals surface area contributed by atoms with Gasteiger partial charge >= 0.3 is 0 Å². The largest absolute Gasteiger partial charge is 0.364 e. The summed E-state index contributed by atoms with van der Waals surface area (Å²) in [4.78, 5) is 11.2. The quantitative estimate of drug-likeness (QED) is 0.895. The molecule has 0 saturated heterocycles. The van der Waals surface area contributed by atoms with Gasteiger partial charge in [-0.3, -0.25) is 9.48 Å². The lowest BCUT2D eigenvalue weighted by Crippen LogP contribution is -2.13. The summed E-state index contributed by atoms with van der Waals surface area (Å²) >= 11 is 0. The molecule has 0 saturated carbocycles. The third-order valence-electron chi connectivity index (χ3n) is 2.64. The summed E-state index contributed by atoms with van der Waals surface area (Å²) in [6, 6.07) is 11.6. The smallest absolute Gasteiger partial charge is 0.269 e. The Bertz CT molecular complexity index is 543. The van der Waals surface area contributed by atoms with Gasteiger partial charge in [-0.05, 0) is 17.5 Å². The van der Waals surface area contributed by atoms with Crippen molar-refractivity contribution in [3.8, 4) is 11.3 Å². The highest BCUT2D eigenvalue weighted by Crippen LogP contribution is 2.21. The second-order valence-corrected chi connectivity index (χ2v) is 4.72. The van der Waals surface area contributed by atoms with E-state index in [1.165, 1.54) is 0 Å². The van der Waals surface area contributed by atoms with E-state index in [-0.39, 0.29) is 0 Å². The Morgan fingerprint density at radius 3 is 2.56 bits per heavy atom. The number of carbonyl (C=O) groups excluding carboxylic acids is 1. The van der Waals surface area contributed by atoms with Gasteiger partial charge in [0.2, 0.25) is 0 Å². The summed E-state index contributed by atoms with van der Waals surface area (Å²) in [7, 11) is 0. The summed E-state index contributed by atoms with van der Waals surface area (Å²) in [5, 5.41) is 4.27. The van der Waals surface area contributed by atoms with Crippen LogP contribution in [0.2, 0.25) is 0 Å². The molecule has 2 N–H and O–H groups in total. The van der Waals surface area contributed by atoms with Gasteiger partial charge in [0, 0.05) is 6.54 Å². The molecule has 4 nitrogen and oxygen atoms in total. The molecule has 4 heteroatoms. The van der Waals surface area contributed by atoms with Crippen molar-refractivity contribution in [3.63, 3.8) is 0 Å². The zero-order valence-electron chi connectivity index (χ0n) is 10.6. The van der Waals surface area contributed by atoms with E-state index in [4.69, 9.17) is 5.73 Å². The van der Waals surface area contributed by atoms with Crippen LogP contribution in [0.4, 0.5) is 0 Å². The fourth-order valence-electron chi connectivity index (χ4n) is 1.86. The molecule has 2 aromatic rings. The lowest BCUT2D eigenvalue weighted by Gasteiger charge is -2.09. The van der Waals surface area contributed by atoms with Gasteiger partial charge in [-0.1, -0.05) is 44.2 Å². The van der Waals surface area contributed by atoms with E-state index in [9.17, 15) is 4.79 Å². The van der Waals surface area contributed by atoms with Crippen LogP contribution >= 0.6 is 0 Å². The topological polar surface area (TPSA) is 60.9 Å². The molecule has 0 aliphatic rings. The van der Waals surface area contributed by atoms with Gasteiger partial charge in [-0.15, -0.1) is 0 Å². The summed E-state index contributed by atoms with van der Waals surface area (Å²) in [5.74, 6) is -0.0391. The molecule has 0 aliphatic heterocycles. The number of rotatable bonds is 4. The molecule has 94 valence electrons. The lowest BCUT2D eigenvalue weighted by atomic mass is 10.1. The number of primary amides is 1. The third-order valence-corrected chi connectivity index (χ3v) is 2.64. The normalized spacial score (nSPS) is 10.8. The molecular formula is C14H17N3O. The van der Waals surface area contributed by atoms with Crippen LogP contribution in [0.3, 0.4) is 0 Å². The van der Waals surface area contributed by atoms with Gasteiger partial charge in [0.1, 0.15) is 0 Å². The van der Waals surface area contributed by atoms with Crippen molar-refractivity contribution in [1.82, 2.24) is 9.78 Å². The molecule has 18 heavy (non-hydrogen) atoms. The van der Waals surface area contributed by atoms with E-state index in [0.29, 0.717) is 11.6 Å². The summed E-state index contributed by atoms with van der Waals surface area (Å²) in [5.41, 5.74) is 7.57. The molecule has 0 unspecified atom stereocenters. The molecule has 0 radical (unpaired) electrons. The Balaban J connectivity index is 2.47. The highest BCUT2D eigenvalue weighted by Gasteiger charge is 2.13. The van der Waals surface area contributed by atoms with E-state index in [0.717, 1.165) is 17.8 Å². The van der Waals surface area contributed by atoms with Gasteiger partial charge in [-0.25, -0.2) is 0 Å². The Morgan fingerprint density at radius 1 is 1.33 bits per heavy atom. The number of aromatic nitrogens is 2. The number of amides is 1. The van der Waals surface area contributed by atoms with E-state index in [1.807, 2.05) is 35.0 Å². The van der Waals surface area contributed by atoms with Crippen LogP contribution in [-0.4, -0.2) is 15.7 Å². The van der Waals surface area contributed by atoms with Crippen LogP contribution < -0.4 is 5.73 Å². The highest BCUT2D eigenvalue weighted by atomic mass is 16.1. The lowest BCUT2D eigenvalue weighted by molar-refractivity contribution is 0.0994. The molecule has 2 rings (SSSR count). The standard InChI is InChI=1S/C14H17N3O/c1-10(2)9-17-13(8-12(16-17)14(15)18)11-6-4-3-5-7-11/h3-8,10H,9H2,1-2H3,(H2,15,18). The van der Waals surface area contributed by atoms with Crippen molar-refractivity contribution in [2.75, 3.05) is 0 Å². The number of hydrogen-bond acceptors (Lipinski definition) is 2. The molecule has 0 bridgehead atoms. The van der Waals surface area contributed by atoms with Crippen LogP contribution in [0, 0.1) is 5.92 Å². The predicted molar refractivity (Wildman–Crippen MR) is 71.0 cm³/mol. The first kappa shape index (κ1) is 12.4. The average Bonchev–Trinajstić information content (AvgIpc) is 2.73. The maximum Gasteiger partial charge on any atom is 0.269 e. The first-order valence-electron chi connectivity index (χ1n) is 6.01. The van der Waals surface area contributed by atoms with Crippen molar-refractivity contribution in [2.45, 2.75) is 20.4 Å². The van der Waals surface area contributed by atoms with Crippen LogP contribution in [0.5, 0.6) is 0 Å². The number of benzene rings is 1. The Morgan fingerprint density at radius 2 is 2.00 bits per heavy atom. The molecular weight excluding hydrogens is 226 g/mol. The fraction of sp³-hybridized carbons (Fsp3) is 0.286. The number of hydrogen-bond donors (Lipinski definition) is 1. The molecule has 1 aromatic heterocycles. The van der Waals surface area contributed by atoms with E-state index in [2.05, 4.69) is 18.9 Å². The van der Waals surface area contributed by atoms with Crippen molar-refractivity contribution in [1.29, 1.82) is 0 Å². The van der Waals surface area contributed by atoms with Crippen LogP contribution in [-0.2, 0) is 6.54 Å².